The molecule has 116 valence electrons. The summed E-state index contributed by atoms with van der Waals surface area (Å²) in [5.41, 5.74) is 1.26. The SMILES string of the molecule is O=C(CCc1cccs1)N1CCO[C@H](Cc2ccccc2)C1. The standard InChI is InChI=1S/C18H21NO2S/c20-18(9-8-17-7-4-12-22-17)19-10-11-21-16(14-19)13-15-5-2-1-3-6-15/h1-7,12,16H,8-11,13-14H2/t16-/m1/s1. The summed E-state index contributed by atoms with van der Waals surface area (Å²) in [6.45, 7) is 2.06. The van der Waals surface area contributed by atoms with Crippen molar-refractivity contribution in [2.45, 2.75) is 25.4 Å². The summed E-state index contributed by atoms with van der Waals surface area (Å²) in [5, 5.41) is 2.06. The van der Waals surface area contributed by atoms with E-state index in [-0.39, 0.29) is 12.0 Å². The van der Waals surface area contributed by atoms with E-state index >= 15 is 0 Å². The molecule has 0 N–H and O–H groups in total. The first-order chi connectivity index (χ1) is 10.8. The van der Waals surface area contributed by atoms with E-state index in [9.17, 15) is 4.79 Å². The molecule has 3 nitrogen and oxygen atoms in total. The lowest BCUT2D eigenvalue weighted by Crippen LogP contribution is -2.46. The Kier molecular flexibility index (Phi) is 5.24. The monoisotopic (exact) mass is 315 g/mol. The molecule has 2 heterocycles. The predicted molar refractivity (Wildman–Crippen MR) is 89.1 cm³/mol. The third kappa shape index (κ3) is 4.18. The van der Waals surface area contributed by atoms with E-state index in [1.807, 2.05) is 29.2 Å². The highest BCUT2D eigenvalue weighted by atomic mass is 32.1. The van der Waals surface area contributed by atoms with Gasteiger partial charge in [-0.05, 0) is 23.4 Å². The lowest BCUT2D eigenvalue weighted by Gasteiger charge is -2.33. The Labute approximate surface area is 135 Å². The van der Waals surface area contributed by atoms with E-state index in [1.54, 1.807) is 11.3 Å². The van der Waals surface area contributed by atoms with E-state index in [4.69, 9.17) is 4.74 Å². The van der Waals surface area contributed by atoms with Crippen LogP contribution < -0.4 is 0 Å². The average molecular weight is 315 g/mol. The Bertz CT molecular complexity index is 582. The van der Waals surface area contributed by atoms with Gasteiger partial charge < -0.3 is 9.64 Å². The van der Waals surface area contributed by atoms with E-state index in [0.29, 0.717) is 26.1 Å². The average Bonchev–Trinajstić information content (AvgIpc) is 3.07. The minimum atomic E-state index is 0.113. The fourth-order valence-corrected chi connectivity index (χ4v) is 3.50. The van der Waals surface area contributed by atoms with Crippen molar-refractivity contribution < 1.29 is 9.53 Å². The van der Waals surface area contributed by atoms with Crippen LogP contribution in [0.1, 0.15) is 16.9 Å². The fraction of sp³-hybridized carbons (Fsp3) is 0.389. The molecular weight excluding hydrogens is 294 g/mol. The van der Waals surface area contributed by atoms with Gasteiger partial charge in [-0.3, -0.25) is 4.79 Å². The van der Waals surface area contributed by atoms with Gasteiger partial charge in [0, 0.05) is 30.8 Å². The van der Waals surface area contributed by atoms with Gasteiger partial charge in [0.05, 0.1) is 12.7 Å². The van der Waals surface area contributed by atoms with Crippen molar-refractivity contribution in [3.05, 3.63) is 58.3 Å². The van der Waals surface area contributed by atoms with Crippen LogP contribution in [0.25, 0.3) is 0 Å². The molecule has 3 rings (SSSR count). The van der Waals surface area contributed by atoms with Gasteiger partial charge in [-0.1, -0.05) is 36.4 Å². The number of carbonyl (C=O) groups excluding carboxylic acids is 1. The van der Waals surface area contributed by atoms with Crippen LogP contribution >= 0.6 is 11.3 Å². The number of carbonyl (C=O) groups is 1. The number of hydrogen-bond donors (Lipinski definition) is 0. The maximum Gasteiger partial charge on any atom is 0.223 e. The molecule has 0 radical (unpaired) electrons. The zero-order valence-electron chi connectivity index (χ0n) is 12.6. The Hall–Kier alpha value is -1.65. The number of aryl methyl sites for hydroxylation is 1. The molecule has 1 aliphatic heterocycles. The summed E-state index contributed by atoms with van der Waals surface area (Å²) in [6.07, 6.45) is 2.42. The van der Waals surface area contributed by atoms with Gasteiger partial charge in [0.2, 0.25) is 5.91 Å². The van der Waals surface area contributed by atoms with Gasteiger partial charge in [0.15, 0.2) is 0 Å². The number of thiophene rings is 1. The highest BCUT2D eigenvalue weighted by molar-refractivity contribution is 7.09. The lowest BCUT2D eigenvalue weighted by atomic mass is 10.1. The number of ether oxygens (including phenoxy) is 1. The molecule has 1 aromatic heterocycles. The van der Waals surface area contributed by atoms with Gasteiger partial charge in [-0.15, -0.1) is 11.3 Å². The maximum absolute atomic E-state index is 12.4. The molecular formula is C18H21NO2S. The van der Waals surface area contributed by atoms with E-state index in [1.165, 1.54) is 10.4 Å². The van der Waals surface area contributed by atoms with Crippen molar-refractivity contribution >= 4 is 17.2 Å². The first kappa shape index (κ1) is 15.3. The van der Waals surface area contributed by atoms with Crippen molar-refractivity contribution in [2.24, 2.45) is 0 Å². The molecule has 1 fully saturated rings. The molecule has 0 bridgehead atoms. The number of benzene rings is 1. The summed E-state index contributed by atoms with van der Waals surface area (Å²) in [7, 11) is 0. The number of amides is 1. The van der Waals surface area contributed by atoms with Crippen LogP contribution in [0.4, 0.5) is 0 Å². The zero-order valence-corrected chi connectivity index (χ0v) is 13.4. The Morgan fingerprint density at radius 2 is 2.09 bits per heavy atom. The van der Waals surface area contributed by atoms with Gasteiger partial charge in [-0.25, -0.2) is 0 Å². The van der Waals surface area contributed by atoms with Gasteiger partial charge in [-0.2, -0.15) is 0 Å². The Balaban J connectivity index is 1.50. The number of rotatable bonds is 5. The number of morpholine rings is 1. The van der Waals surface area contributed by atoms with Gasteiger partial charge in [0.25, 0.3) is 0 Å². The summed E-state index contributed by atoms with van der Waals surface area (Å²) in [4.78, 5) is 15.6. The van der Waals surface area contributed by atoms with Gasteiger partial charge >= 0.3 is 0 Å². The molecule has 22 heavy (non-hydrogen) atoms. The molecule has 0 saturated carbocycles. The van der Waals surface area contributed by atoms with Crippen LogP contribution in [0, 0.1) is 0 Å². The number of nitrogens with zero attached hydrogens (tertiary/aromatic N) is 1. The summed E-state index contributed by atoms with van der Waals surface area (Å²) in [6, 6.07) is 14.5. The highest BCUT2D eigenvalue weighted by Crippen LogP contribution is 2.15. The molecule has 1 amide bonds. The van der Waals surface area contributed by atoms with E-state index < -0.39 is 0 Å². The zero-order chi connectivity index (χ0) is 15.2. The molecule has 4 heteroatoms. The second kappa shape index (κ2) is 7.56. The maximum atomic E-state index is 12.4. The topological polar surface area (TPSA) is 29.5 Å². The largest absolute Gasteiger partial charge is 0.374 e. The summed E-state index contributed by atoms with van der Waals surface area (Å²) < 4.78 is 5.82. The third-order valence-electron chi connectivity index (χ3n) is 3.96. The van der Waals surface area contributed by atoms with E-state index in [2.05, 4.69) is 23.6 Å². The molecule has 0 aliphatic carbocycles. The third-order valence-corrected chi connectivity index (χ3v) is 4.90. The van der Waals surface area contributed by atoms with Crippen LogP contribution in [-0.2, 0) is 22.4 Å². The molecule has 1 atom stereocenters. The van der Waals surface area contributed by atoms with E-state index in [0.717, 1.165) is 12.8 Å². The molecule has 0 spiro atoms. The smallest absolute Gasteiger partial charge is 0.223 e. The minimum absolute atomic E-state index is 0.113. The van der Waals surface area contributed by atoms with Gasteiger partial charge in [0.1, 0.15) is 0 Å². The molecule has 1 aliphatic rings. The molecule has 2 aromatic rings. The van der Waals surface area contributed by atoms with Crippen LogP contribution in [-0.4, -0.2) is 36.6 Å². The fourth-order valence-electron chi connectivity index (χ4n) is 2.79. The van der Waals surface area contributed by atoms with Crippen LogP contribution in [0.15, 0.2) is 47.8 Å². The predicted octanol–water partition coefficient (Wildman–Crippen LogP) is 3.15. The van der Waals surface area contributed by atoms with Crippen molar-refractivity contribution in [2.75, 3.05) is 19.7 Å². The second-order valence-electron chi connectivity index (χ2n) is 5.60. The first-order valence-electron chi connectivity index (χ1n) is 7.77. The van der Waals surface area contributed by atoms with Crippen LogP contribution in [0.3, 0.4) is 0 Å². The summed E-state index contributed by atoms with van der Waals surface area (Å²) >= 11 is 1.72. The molecule has 0 unspecified atom stereocenters. The summed E-state index contributed by atoms with van der Waals surface area (Å²) in [5.74, 6) is 0.245. The highest BCUT2D eigenvalue weighted by Gasteiger charge is 2.24. The Morgan fingerprint density at radius 1 is 1.23 bits per heavy atom. The molecule has 1 aromatic carbocycles. The quantitative estimate of drug-likeness (QED) is 0.848. The van der Waals surface area contributed by atoms with Crippen molar-refractivity contribution in [3.63, 3.8) is 0 Å². The van der Waals surface area contributed by atoms with Crippen molar-refractivity contribution in [1.82, 2.24) is 4.90 Å². The normalized spacial score (nSPS) is 18.4. The Morgan fingerprint density at radius 3 is 2.86 bits per heavy atom. The van der Waals surface area contributed by atoms with Crippen molar-refractivity contribution in [3.8, 4) is 0 Å². The lowest BCUT2D eigenvalue weighted by molar-refractivity contribution is -0.138. The number of hydrogen-bond acceptors (Lipinski definition) is 3. The molecule has 1 saturated heterocycles. The minimum Gasteiger partial charge on any atom is -0.374 e. The first-order valence-corrected chi connectivity index (χ1v) is 8.65. The van der Waals surface area contributed by atoms with Crippen molar-refractivity contribution in [1.29, 1.82) is 0 Å². The van der Waals surface area contributed by atoms with Crippen LogP contribution in [0.5, 0.6) is 0 Å². The second-order valence-corrected chi connectivity index (χ2v) is 6.63. The van der Waals surface area contributed by atoms with Crippen LogP contribution in [0.2, 0.25) is 0 Å².